The van der Waals surface area contributed by atoms with Gasteiger partial charge in [0.1, 0.15) is 5.82 Å². The Morgan fingerprint density at radius 3 is 2.32 bits per heavy atom. The summed E-state index contributed by atoms with van der Waals surface area (Å²) in [5.41, 5.74) is 1.09. The molecule has 3 aromatic rings. The van der Waals surface area contributed by atoms with Crippen LogP contribution in [0.1, 0.15) is 38.1 Å². The van der Waals surface area contributed by atoms with Gasteiger partial charge in [-0.2, -0.15) is 0 Å². The number of rotatable bonds is 8. The Balaban J connectivity index is 2.16. The molecule has 0 aliphatic rings. The van der Waals surface area contributed by atoms with Crippen LogP contribution in [-0.4, -0.2) is 32.9 Å². The molecule has 0 aliphatic carbocycles. The molecule has 0 radical (unpaired) electrons. The van der Waals surface area contributed by atoms with Crippen LogP contribution in [0, 0.1) is 0 Å². The first-order valence-corrected chi connectivity index (χ1v) is 11.0. The van der Waals surface area contributed by atoms with Crippen molar-refractivity contribution in [3.63, 3.8) is 0 Å². The molecular formula is C22H27BrN4O4. The summed E-state index contributed by atoms with van der Waals surface area (Å²) in [5, 5.41) is 0. The highest BCUT2D eigenvalue weighted by molar-refractivity contribution is 9.10. The maximum absolute atomic E-state index is 13.0. The number of benzene rings is 1. The van der Waals surface area contributed by atoms with E-state index in [-0.39, 0.29) is 11.2 Å². The lowest BCUT2D eigenvalue weighted by molar-refractivity contribution is 0.353. The summed E-state index contributed by atoms with van der Waals surface area (Å²) in [6.45, 7) is 4.82. The zero-order valence-corrected chi connectivity index (χ0v) is 20.0. The van der Waals surface area contributed by atoms with Crippen LogP contribution in [0.15, 0.2) is 26.2 Å². The number of hydrogen-bond donors (Lipinski definition) is 0. The van der Waals surface area contributed by atoms with Crippen LogP contribution in [-0.2, 0) is 20.1 Å². The van der Waals surface area contributed by atoms with E-state index in [2.05, 4.69) is 20.9 Å². The third-order valence-corrected chi connectivity index (χ3v) is 5.64. The average Bonchev–Trinajstić information content (AvgIpc) is 3.08. The summed E-state index contributed by atoms with van der Waals surface area (Å²) in [7, 11) is 4.95. The van der Waals surface area contributed by atoms with Gasteiger partial charge in [0.15, 0.2) is 22.7 Å². The van der Waals surface area contributed by atoms with Crippen LogP contribution in [0.2, 0.25) is 0 Å². The van der Waals surface area contributed by atoms with Crippen LogP contribution in [0.5, 0.6) is 11.5 Å². The maximum Gasteiger partial charge on any atom is 0.332 e. The van der Waals surface area contributed by atoms with Gasteiger partial charge in [-0.05, 0) is 52.5 Å². The van der Waals surface area contributed by atoms with Gasteiger partial charge in [-0.25, -0.2) is 9.78 Å². The summed E-state index contributed by atoms with van der Waals surface area (Å²) in [6, 6.07) is 3.76. The van der Waals surface area contributed by atoms with Crippen molar-refractivity contribution in [1.82, 2.24) is 18.7 Å². The summed E-state index contributed by atoms with van der Waals surface area (Å²) in [6.07, 6.45) is 5.16. The smallest absolute Gasteiger partial charge is 0.332 e. The van der Waals surface area contributed by atoms with Gasteiger partial charge in [-0.1, -0.05) is 19.9 Å². The minimum atomic E-state index is -0.308. The van der Waals surface area contributed by atoms with Crippen LogP contribution < -0.4 is 20.7 Å². The number of aromatic nitrogens is 4. The number of hydrogen-bond acceptors (Lipinski definition) is 5. The molecule has 0 unspecified atom stereocenters. The molecule has 0 spiro atoms. The van der Waals surface area contributed by atoms with Crippen molar-refractivity contribution < 1.29 is 9.47 Å². The van der Waals surface area contributed by atoms with Crippen molar-refractivity contribution >= 4 is 39.2 Å². The van der Waals surface area contributed by atoms with Gasteiger partial charge < -0.3 is 14.0 Å². The fourth-order valence-corrected chi connectivity index (χ4v) is 4.20. The number of imidazole rings is 1. The zero-order valence-electron chi connectivity index (χ0n) is 18.4. The third-order valence-electron chi connectivity index (χ3n) is 5.05. The normalized spacial score (nSPS) is 11.5. The Morgan fingerprint density at radius 2 is 1.71 bits per heavy atom. The van der Waals surface area contributed by atoms with E-state index in [4.69, 9.17) is 9.47 Å². The Morgan fingerprint density at radius 1 is 1.03 bits per heavy atom. The van der Waals surface area contributed by atoms with Gasteiger partial charge >= 0.3 is 5.69 Å². The van der Waals surface area contributed by atoms with E-state index in [9.17, 15) is 9.59 Å². The zero-order chi connectivity index (χ0) is 22.7. The van der Waals surface area contributed by atoms with E-state index >= 15 is 0 Å². The molecule has 2 aromatic heterocycles. The minimum absolute atomic E-state index is 0.307. The molecule has 166 valence electrons. The second-order valence-corrected chi connectivity index (χ2v) is 8.02. The summed E-state index contributed by atoms with van der Waals surface area (Å²) < 4.78 is 16.1. The largest absolute Gasteiger partial charge is 0.493 e. The second kappa shape index (κ2) is 9.55. The first-order chi connectivity index (χ1) is 14.9. The van der Waals surface area contributed by atoms with Gasteiger partial charge in [0, 0.05) is 20.1 Å². The average molecular weight is 491 g/mol. The van der Waals surface area contributed by atoms with Crippen LogP contribution in [0.25, 0.3) is 23.3 Å². The predicted molar refractivity (Wildman–Crippen MR) is 126 cm³/mol. The van der Waals surface area contributed by atoms with Crippen molar-refractivity contribution in [3.05, 3.63) is 48.8 Å². The van der Waals surface area contributed by atoms with Crippen molar-refractivity contribution in [1.29, 1.82) is 0 Å². The van der Waals surface area contributed by atoms with E-state index < -0.39 is 0 Å². The number of aryl methyl sites for hydroxylation is 2. The number of halogens is 1. The molecule has 0 amide bonds. The van der Waals surface area contributed by atoms with E-state index in [1.165, 1.54) is 4.57 Å². The van der Waals surface area contributed by atoms with Crippen molar-refractivity contribution in [2.45, 2.75) is 39.8 Å². The molecule has 0 N–H and O–H groups in total. The predicted octanol–water partition coefficient (Wildman–Crippen LogP) is 3.67. The van der Waals surface area contributed by atoms with Gasteiger partial charge in [-0.15, -0.1) is 0 Å². The molecule has 1 aromatic carbocycles. The highest BCUT2D eigenvalue weighted by atomic mass is 79.9. The standard InChI is InChI=1S/C22H27BrN4O4/c1-6-10-26-20-18(21(28)27(11-7-2)22(26)29)25(3)17(24-20)9-8-14-12-15(23)19(31-5)16(13-14)30-4/h8-9,12-13H,6-7,10-11H2,1-5H3/b9-8+. The molecule has 0 aliphatic heterocycles. The molecule has 0 saturated carbocycles. The van der Waals surface area contributed by atoms with Gasteiger partial charge in [0.2, 0.25) is 0 Å². The Bertz CT molecular complexity index is 1250. The van der Waals surface area contributed by atoms with Crippen LogP contribution in [0.3, 0.4) is 0 Å². The minimum Gasteiger partial charge on any atom is -0.493 e. The van der Waals surface area contributed by atoms with Gasteiger partial charge in [0.05, 0.1) is 18.7 Å². The lowest BCUT2D eigenvalue weighted by Gasteiger charge is -2.10. The van der Waals surface area contributed by atoms with Crippen molar-refractivity contribution in [3.8, 4) is 11.5 Å². The fraction of sp³-hybridized carbons (Fsp3) is 0.409. The van der Waals surface area contributed by atoms with Crippen molar-refractivity contribution in [2.75, 3.05) is 14.2 Å². The Kier molecular flexibility index (Phi) is 7.04. The highest BCUT2D eigenvalue weighted by Crippen LogP contribution is 2.36. The fourth-order valence-electron chi connectivity index (χ4n) is 3.58. The SMILES string of the molecule is CCCn1c(=O)c2c(nc(/C=C/c3cc(Br)c(OC)c(OC)c3)n2C)n(CCC)c1=O. The lowest BCUT2D eigenvalue weighted by atomic mass is 10.2. The lowest BCUT2D eigenvalue weighted by Crippen LogP contribution is -2.40. The van der Waals surface area contributed by atoms with Crippen LogP contribution in [0.4, 0.5) is 0 Å². The number of fused-ring (bicyclic) bond motifs is 1. The maximum atomic E-state index is 13.0. The van der Waals surface area contributed by atoms with E-state index in [0.717, 1.165) is 16.5 Å². The van der Waals surface area contributed by atoms with Gasteiger partial charge in [-0.3, -0.25) is 13.9 Å². The number of ether oxygens (including phenoxy) is 2. The van der Waals surface area contributed by atoms with E-state index in [0.29, 0.717) is 48.0 Å². The van der Waals surface area contributed by atoms with Crippen LogP contribution >= 0.6 is 15.9 Å². The molecule has 3 rings (SSSR count). The molecule has 0 fully saturated rings. The number of methoxy groups -OCH3 is 2. The topological polar surface area (TPSA) is 80.3 Å². The number of nitrogens with zero attached hydrogens (tertiary/aromatic N) is 4. The first kappa shape index (κ1) is 22.9. The van der Waals surface area contributed by atoms with E-state index in [1.807, 2.05) is 38.1 Å². The summed E-state index contributed by atoms with van der Waals surface area (Å²) in [4.78, 5) is 30.5. The summed E-state index contributed by atoms with van der Waals surface area (Å²) in [5.74, 6) is 1.79. The Labute approximate surface area is 188 Å². The highest BCUT2D eigenvalue weighted by Gasteiger charge is 2.18. The molecule has 8 nitrogen and oxygen atoms in total. The van der Waals surface area contributed by atoms with Gasteiger partial charge in [0.25, 0.3) is 5.56 Å². The second-order valence-electron chi connectivity index (χ2n) is 7.16. The molecular weight excluding hydrogens is 464 g/mol. The van der Waals surface area contributed by atoms with E-state index in [1.54, 1.807) is 30.4 Å². The molecule has 0 atom stereocenters. The monoisotopic (exact) mass is 490 g/mol. The summed E-state index contributed by atoms with van der Waals surface area (Å²) >= 11 is 3.49. The Hall–Kier alpha value is -2.81. The molecule has 0 bridgehead atoms. The third kappa shape index (κ3) is 4.19. The first-order valence-electron chi connectivity index (χ1n) is 10.2. The van der Waals surface area contributed by atoms with Crippen molar-refractivity contribution in [2.24, 2.45) is 7.05 Å². The molecule has 31 heavy (non-hydrogen) atoms. The molecule has 2 heterocycles. The molecule has 9 heteroatoms. The molecule has 0 saturated heterocycles. The quantitative estimate of drug-likeness (QED) is 0.481.